The molecule has 1 unspecified atom stereocenters. The molecule has 1 atom stereocenters. The van der Waals surface area contributed by atoms with E-state index in [4.69, 9.17) is 0 Å². The van der Waals surface area contributed by atoms with E-state index < -0.39 is 16.1 Å². The van der Waals surface area contributed by atoms with Crippen molar-refractivity contribution in [3.8, 4) is 0 Å². The van der Waals surface area contributed by atoms with E-state index in [0.29, 0.717) is 15.2 Å². The molecule has 6 heteroatoms. The minimum atomic E-state index is -3.77. The molecule has 0 saturated heterocycles. The van der Waals surface area contributed by atoms with Crippen LogP contribution in [0.4, 0.5) is 0 Å². The van der Waals surface area contributed by atoms with Gasteiger partial charge in [-0.25, -0.2) is 0 Å². The van der Waals surface area contributed by atoms with Crippen molar-refractivity contribution >= 4 is 20.3 Å². The second-order valence-electron chi connectivity index (χ2n) is 5.11. The average Bonchev–Trinajstić information content (AvgIpc) is 2.59. The van der Waals surface area contributed by atoms with Gasteiger partial charge in [-0.3, -0.25) is 0 Å². The zero-order valence-electron chi connectivity index (χ0n) is 13.0. The number of sulfonamides is 1. The van der Waals surface area contributed by atoms with Crippen LogP contribution < -0.4 is 0 Å². The van der Waals surface area contributed by atoms with Gasteiger partial charge in [-0.05, 0) is 0 Å². The Hall–Kier alpha value is -1.75. The van der Waals surface area contributed by atoms with Crippen LogP contribution in [0.3, 0.4) is 0 Å². The van der Waals surface area contributed by atoms with Gasteiger partial charge in [0.25, 0.3) is 0 Å². The Morgan fingerprint density at radius 2 is 1.83 bits per heavy atom. The van der Waals surface area contributed by atoms with Crippen LogP contribution in [0.2, 0.25) is 0 Å². The van der Waals surface area contributed by atoms with Crippen molar-refractivity contribution in [2.24, 2.45) is 4.40 Å². The van der Waals surface area contributed by atoms with Gasteiger partial charge in [0.1, 0.15) is 0 Å². The first-order chi connectivity index (χ1) is 11.3. The molecule has 0 heterocycles. The van der Waals surface area contributed by atoms with Gasteiger partial charge in [-0.15, -0.1) is 0 Å². The maximum absolute atomic E-state index is 12.3. The molecular weight excluding hydrogens is 413 g/mol. The second-order valence-corrected chi connectivity index (χ2v) is 7.63. The Morgan fingerprint density at radius 3 is 2.46 bits per heavy atom. The number of hydrogen-bond acceptors (Lipinski definition) is 3. The standard InChI is InChI=1S/C18H17NO3S.Rh/c1-3-18(20)17-7-5-4-6-15(17)12-13-19-23(21,22)16-10-8-14(2)9-11-16;/h3-11,13,18,20H,1H2,2H3;/b19-13-;. The maximum atomic E-state index is 12.3. The zero-order valence-corrected chi connectivity index (χ0v) is 15.5. The van der Waals surface area contributed by atoms with E-state index in [9.17, 15) is 13.5 Å². The van der Waals surface area contributed by atoms with E-state index >= 15 is 0 Å². The van der Waals surface area contributed by atoms with Crippen LogP contribution in [0.1, 0.15) is 22.8 Å². The summed E-state index contributed by atoms with van der Waals surface area (Å²) in [6.07, 6.45) is 1.83. The van der Waals surface area contributed by atoms with Crippen LogP contribution in [0.25, 0.3) is 0 Å². The van der Waals surface area contributed by atoms with Gasteiger partial charge >= 0.3 is 152 Å². The summed E-state index contributed by atoms with van der Waals surface area (Å²) < 4.78 is 28.8. The summed E-state index contributed by atoms with van der Waals surface area (Å²) >= 11 is 2.68. The molecule has 0 amide bonds. The molecule has 127 valence electrons. The molecule has 2 rings (SSSR count). The van der Waals surface area contributed by atoms with Crippen LogP contribution >= 0.6 is 0 Å². The van der Waals surface area contributed by atoms with Crippen molar-refractivity contribution in [1.82, 2.24) is 0 Å². The molecule has 1 N–H and O–H groups in total. The molecule has 0 radical (unpaired) electrons. The van der Waals surface area contributed by atoms with E-state index in [0.717, 1.165) is 5.56 Å². The summed E-state index contributed by atoms with van der Waals surface area (Å²) in [5.74, 6) is 0. The van der Waals surface area contributed by atoms with Crippen molar-refractivity contribution < 1.29 is 31.4 Å². The van der Waals surface area contributed by atoms with Gasteiger partial charge in [0.2, 0.25) is 0 Å². The summed E-state index contributed by atoms with van der Waals surface area (Å²) in [5, 5.41) is 9.98. The van der Waals surface area contributed by atoms with E-state index in [1.165, 1.54) is 24.4 Å². The first kappa shape index (κ1) is 18.6. The third-order valence-electron chi connectivity index (χ3n) is 3.37. The van der Waals surface area contributed by atoms with E-state index in [1.807, 2.05) is 6.92 Å². The van der Waals surface area contributed by atoms with Gasteiger partial charge < -0.3 is 0 Å². The monoisotopic (exact) mass is 430 g/mol. The fourth-order valence-corrected chi connectivity index (χ4v) is 3.50. The van der Waals surface area contributed by atoms with Gasteiger partial charge in [0.05, 0.1) is 0 Å². The van der Waals surface area contributed by atoms with Crippen LogP contribution in [0.5, 0.6) is 0 Å². The fourth-order valence-electron chi connectivity index (χ4n) is 2.04. The van der Waals surface area contributed by atoms with Crippen LogP contribution in [-0.4, -0.2) is 23.8 Å². The van der Waals surface area contributed by atoms with Gasteiger partial charge in [0, 0.05) is 0 Å². The predicted octanol–water partition coefficient (Wildman–Crippen LogP) is 2.74. The fraction of sp³-hybridized carbons (Fsp3) is 0.111. The molecule has 0 aliphatic rings. The van der Waals surface area contributed by atoms with Crippen LogP contribution in [0, 0.1) is 6.92 Å². The quantitative estimate of drug-likeness (QED) is 0.436. The molecule has 2 aromatic rings. The summed E-state index contributed by atoms with van der Waals surface area (Å²) in [7, 11) is -3.77. The Balaban J connectivity index is 2.31. The summed E-state index contributed by atoms with van der Waals surface area (Å²) in [6.45, 7) is 5.46. The predicted molar refractivity (Wildman–Crippen MR) is 92.6 cm³/mol. The first-order valence-corrected chi connectivity index (χ1v) is 9.38. The zero-order chi connectivity index (χ0) is 17.7. The third-order valence-corrected chi connectivity index (χ3v) is 5.27. The first-order valence-electron chi connectivity index (χ1n) is 7.12. The summed E-state index contributed by atoms with van der Waals surface area (Å²) in [5.41, 5.74) is 2.28. The number of benzene rings is 2. The normalized spacial score (nSPS) is 13.0. The molecule has 0 fully saturated rings. The summed E-state index contributed by atoms with van der Waals surface area (Å²) in [6, 6.07) is 13.6. The molecule has 0 bridgehead atoms. The number of rotatable bonds is 6. The molecule has 0 aliphatic heterocycles. The average molecular weight is 430 g/mol. The summed E-state index contributed by atoms with van der Waals surface area (Å²) in [4.78, 5) is 0.137. The van der Waals surface area contributed by atoms with Gasteiger partial charge in [-0.2, -0.15) is 0 Å². The molecular formula is C18H17NO3RhS. The van der Waals surface area contributed by atoms with Crippen LogP contribution in [-0.2, 0) is 27.9 Å². The third kappa shape index (κ3) is 4.41. The molecule has 2 aromatic carbocycles. The SMILES string of the molecule is C=CC(O)c1ccccc1[C](=[Rh])/C=N\S(=O)(=O)c1ccc(C)cc1. The van der Waals surface area contributed by atoms with Crippen molar-refractivity contribution in [3.05, 3.63) is 77.9 Å². The molecule has 0 aliphatic carbocycles. The van der Waals surface area contributed by atoms with Gasteiger partial charge in [0.15, 0.2) is 0 Å². The topological polar surface area (TPSA) is 66.7 Å². The number of aliphatic hydroxyl groups is 1. The Kier molecular flexibility index (Phi) is 6.11. The molecule has 0 spiro atoms. The Bertz CT molecular complexity index is 887. The van der Waals surface area contributed by atoms with E-state index in [1.54, 1.807) is 36.4 Å². The van der Waals surface area contributed by atoms with E-state index in [2.05, 4.69) is 28.8 Å². The Morgan fingerprint density at radius 1 is 1.21 bits per heavy atom. The van der Waals surface area contributed by atoms with Crippen molar-refractivity contribution in [1.29, 1.82) is 0 Å². The molecule has 4 nitrogen and oxygen atoms in total. The van der Waals surface area contributed by atoms with Crippen molar-refractivity contribution in [2.75, 3.05) is 0 Å². The molecule has 24 heavy (non-hydrogen) atoms. The number of hydrogen-bond donors (Lipinski definition) is 1. The second kappa shape index (κ2) is 7.88. The minimum absolute atomic E-state index is 0.137. The number of aryl methyl sites for hydroxylation is 1. The van der Waals surface area contributed by atoms with Crippen LogP contribution in [0.15, 0.2) is 70.5 Å². The van der Waals surface area contributed by atoms with E-state index in [-0.39, 0.29) is 4.90 Å². The number of nitrogens with zero attached hydrogens (tertiary/aromatic N) is 1. The number of aliphatic hydroxyl groups excluding tert-OH is 1. The van der Waals surface area contributed by atoms with Crippen molar-refractivity contribution in [2.45, 2.75) is 17.9 Å². The van der Waals surface area contributed by atoms with Crippen molar-refractivity contribution in [3.63, 3.8) is 0 Å². The molecule has 0 aromatic heterocycles. The van der Waals surface area contributed by atoms with Gasteiger partial charge in [-0.1, -0.05) is 0 Å². The molecule has 0 saturated carbocycles. The Labute approximate surface area is 151 Å².